The first-order valence-electron chi connectivity index (χ1n) is 2.67. The molecule has 2 atom stereocenters. The van der Waals surface area contributed by atoms with E-state index in [-0.39, 0.29) is 21.1 Å². The maximum absolute atomic E-state index is 10.3. The van der Waals surface area contributed by atoms with Gasteiger partial charge in [-0.2, -0.15) is 0 Å². The fourth-order valence-electron chi connectivity index (χ4n) is 0.608. The second kappa shape index (κ2) is 1.65. The van der Waals surface area contributed by atoms with E-state index in [4.69, 9.17) is 4.74 Å². The number of carbonyl (C=O) groups is 1. The minimum Gasteiger partial charge on any atom is -0.444 e. The Labute approximate surface area is 51.0 Å². The average molecular weight is 119 g/mol. The van der Waals surface area contributed by atoms with E-state index in [0.717, 1.165) is 0 Å². The van der Waals surface area contributed by atoms with Gasteiger partial charge in [-0.1, -0.05) is 0 Å². The normalized spacial score (nSPS) is 36.5. The summed E-state index contributed by atoms with van der Waals surface area (Å²) in [5, 5.41) is 2.61. The lowest BCUT2D eigenvalue weighted by molar-refractivity contribution is 0.142. The largest absolute Gasteiger partial charge is 0.444 e. The SMILES string of the molecule is CC1NC(=O)O[C@H]1C.[HH].[HH]. The molecule has 1 fully saturated rings. The molecule has 1 aliphatic rings. The predicted octanol–water partition coefficient (Wildman–Crippen LogP) is 0.995. The van der Waals surface area contributed by atoms with Crippen molar-refractivity contribution in [3.8, 4) is 0 Å². The van der Waals surface area contributed by atoms with Crippen molar-refractivity contribution >= 4 is 6.09 Å². The van der Waals surface area contributed by atoms with Gasteiger partial charge in [-0.15, -0.1) is 0 Å². The van der Waals surface area contributed by atoms with Crippen LogP contribution in [-0.4, -0.2) is 18.2 Å². The molecule has 0 bridgehead atoms. The van der Waals surface area contributed by atoms with Crippen LogP contribution < -0.4 is 5.32 Å². The number of cyclic esters (lactones) is 1. The molecule has 1 saturated heterocycles. The predicted molar refractivity (Wildman–Crippen MR) is 32.8 cm³/mol. The smallest absolute Gasteiger partial charge is 0.407 e. The highest BCUT2D eigenvalue weighted by molar-refractivity contribution is 5.69. The van der Waals surface area contributed by atoms with Crippen molar-refractivity contribution in [2.75, 3.05) is 0 Å². The molecule has 1 heterocycles. The van der Waals surface area contributed by atoms with Crippen molar-refractivity contribution in [1.82, 2.24) is 5.32 Å². The van der Waals surface area contributed by atoms with Gasteiger partial charge in [0.15, 0.2) is 0 Å². The molecular formula is C5H13NO2. The third-order valence-corrected chi connectivity index (χ3v) is 1.34. The number of nitrogens with one attached hydrogen (secondary N) is 1. The Balaban J connectivity index is 0. The lowest BCUT2D eigenvalue weighted by Gasteiger charge is -2.02. The van der Waals surface area contributed by atoms with Crippen LogP contribution in [0.5, 0.6) is 0 Å². The van der Waals surface area contributed by atoms with E-state index in [1.54, 1.807) is 0 Å². The summed E-state index contributed by atoms with van der Waals surface area (Å²) in [7, 11) is 0. The summed E-state index contributed by atoms with van der Waals surface area (Å²) in [5.74, 6) is 0. The second-order valence-corrected chi connectivity index (χ2v) is 2.04. The first kappa shape index (κ1) is 5.41. The molecule has 0 aromatic heterocycles. The van der Waals surface area contributed by atoms with Gasteiger partial charge in [0, 0.05) is 2.85 Å². The number of carbonyl (C=O) groups excluding carboxylic acids is 1. The number of hydrogen-bond acceptors (Lipinski definition) is 2. The number of ether oxygens (including phenoxy) is 1. The molecule has 1 rings (SSSR count). The van der Waals surface area contributed by atoms with Crippen LogP contribution in [0.2, 0.25) is 0 Å². The van der Waals surface area contributed by atoms with Gasteiger partial charge in [-0.3, -0.25) is 0 Å². The van der Waals surface area contributed by atoms with Crippen LogP contribution in [-0.2, 0) is 4.74 Å². The number of hydrogen-bond donors (Lipinski definition) is 1. The molecule has 0 spiro atoms. The van der Waals surface area contributed by atoms with Gasteiger partial charge in [0.2, 0.25) is 0 Å². The van der Waals surface area contributed by atoms with Crippen LogP contribution in [0.4, 0.5) is 4.79 Å². The van der Waals surface area contributed by atoms with Gasteiger partial charge in [0.25, 0.3) is 0 Å². The van der Waals surface area contributed by atoms with Crippen LogP contribution >= 0.6 is 0 Å². The minimum atomic E-state index is -0.301. The maximum atomic E-state index is 10.3. The molecule has 50 valence electrons. The molecule has 3 heteroatoms. The summed E-state index contributed by atoms with van der Waals surface area (Å²) in [5.41, 5.74) is 0. The molecule has 1 unspecified atom stereocenters. The van der Waals surface area contributed by atoms with E-state index in [2.05, 4.69) is 5.32 Å². The van der Waals surface area contributed by atoms with Gasteiger partial charge < -0.3 is 10.1 Å². The van der Waals surface area contributed by atoms with Crippen LogP contribution in [0.1, 0.15) is 16.7 Å². The highest BCUT2D eigenvalue weighted by Gasteiger charge is 2.25. The Hall–Kier alpha value is -0.730. The molecule has 0 radical (unpaired) electrons. The molecule has 1 aliphatic heterocycles. The fraction of sp³-hybridized carbons (Fsp3) is 0.800. The van der Waals surface area contributed by atoms with E-state index in [0.29, 0.717) is 0 Å². The van der Waals surface area contributed by atoms with Crippen molar-refractivity contribution in [3.05, 3.63) is 0 Å². The lowest BCUT2D eigenvalue weighted by Crippen LogP contribution is -2.25. The zero-order valence-corrected chi connectivity index (χ0v) is 4.97. The molecule has 3 nitrogen and oxygen atoms in total. The standard InChI is InChI=1S/C5H9NO2.2H2/c1-3-4(2)8-5(7)6-3;;/h3-4H,1-2H3,(H,6,7);2*1H/t3?,4-;;/m0../s1. The monoisotopic (exact) mass is 119 g/mol. The number of amides is 1. The fourth-order valence-corrected chi connectivity index (χ4v) is 0.608. The zero-order valence-electron chi connectivity index (χ0n) is 4.97. The molecule has 8 heavy (non-hydrogen) atoms. The van der Waals surface area contributed by atoms with Gasteiger partial charge in [-0.25, -0.2) is 4.79 Å². The van der Waals surface area contributed by atoms with Crippen LogP contribution in [0.3, 0.4) is 0 Å². The Morgan fingerprint density at radius 1 is 1.75 bits per heavy atom. The number of rotatable bonds is 0. The first-order chi connectivity index (χ1) is 3.70. The topological polar surface area (TPSA) is 38.3 Å². The summed E-state index contributed by atoms with van der Waals surface area (Å²) in [4.78, 5) is 10.3. The van der Waals surface area contributed by atoms with Crippen molar-refractivity contribution in [1.29, 1.82) is 0 Å². The number of alkyl carbamates (subject to hydrolysis) is 1. The van der Waals surface area contributed by atoms with Crippen molar-refractivity contribution < 1.29 is 12.4 Å². The average Bonchev–Trinajstić information content (AvgIpc) is 1.85. The van der Waals surface area contributed by atoms with Crippen LogP contribution in [0.25, 0.3) is 0 Å². The van der Waals surface area contributed by atoms with Gasteiger partial charge in [-0.05, 0) is 13.8 Å². The summed E-state index contributed by atoms with van der Waals surface area (Å²) in [6, 6.07) is 0.169. The summed E-state index contributed by atoms with van der Waals surface area (Å²) < 4.78 is 4.72. The third kappa shape index (κ3) is 0.757. The lowest BCUT2D eigenvalue weighted by atomic mass is 10.2. The summed E-state index contributed by atoms with van der Waals surface area (Å²) in [6.45, 7) is 3.78. The van der Waals surface area contributed by atoms with E-state index in [1.165, 1.54) is 0 Å². The van der Waals surface area contributed by atoms with Crippen molar-refractivity contribution in [2.45, 2.75) is 26.0 Å². The molecular weight excluding hydrogens is 106 g/mol. The Morgan fingerprint density at radius 3 is 2.50 bits per heavy atom. The van der Waals surface area contributed by atoms with Crippen LogP contribution in [0, 0.1) is 0 Å². The minimum absolute atomic E-state index is 0. The Kier molecular flexibility index (Phi) is 1.12. The molecule has 1 N–H and O–H groups in total. The molecule has 0 aliphatic carbocycles. The molecule has 0 aromatic carbocycles. The molecule has 0 saturated carbocycles. The van der Waals surface area contributed by atoms with E-state index in [1.807, 2.05) is 13.8 Å². The van der Waals surface area contributed by atoms with Gasteiger partial charge >= 0.3 is 6.09 Å². The zero-order chi connectivity index (χ0) is 6.15. The van der Waals surface area contributed by atoms with Crippen LogP contribution in [0.15, 0.2) is 0 Å². The van der Waals surface area contributed by atoms with E-state index in [9.17, 15) is 4.79 Å². The first-order valence-corrected chi connectivity index (χ1v) is 2.67. The highest BCUT2D eigenvalue weighted by Crippen LogP contribution is 2.05. The van der Waals surface area contributed by atoms with Gasteiger partial charge in [0.05, 0.1) is 6.04 Å². The second-order valence-electron chi connectivity index (χ2n) is 2.04. The van der Waals surface area contributed by atoms with Gasteiger partial charge in [0.1, 0.15) is 6.10 Å². The third-order valence-electron chi connectivity index (χ3n) is 1.34. The van der Waals surface area contributed by atoms with Crippen molar-refractivity contribution in [3.63, 3.8) is 0 Å². The highest BCUT2D eigenvalue weighted by atomic mass is 16.6. The van der Waals surface area contributed by atoms with Crippen molar-refractivity contribution in [2.24, 2.45) is 0 Å². The Bertz CT molecular complexity index is 108. The molecule has 1 amide bonds. The summed E-state index contributed by atoms with van der Waals surface area (Å²) >= 11 is 0. The maximum Gasteiger partial charge on any atom is 0.407 e. The van der Waals surface area contributed by atoms with E-state index >= 15 is 0 Å². The van der Waals surface area contributed by atoms with E-state index < -0.39 is 0 Å². The Morgan fingerprint density at radius 2 is 2.38 bits per heavy atom. The summed E-state index contributed by atoms with van der Waals surface area (Å²) in [6.07, 6.45) is -0.271. The quantitative estimate of drug-likeness (QED) is 0.516. The molecule has 0 aromatic rings.